The third-order valence-corrected chi connectivity index (χ3v) is 5.49. The zero-order chi connectivity index (χ0) is 23.5. The molecule has 1 aliphatic carbocycles. The van der Waals surface area contributed by atoms with Crippen molar-refractivity contribution >= 4 is 28.9 Å². The van der Waals surface area contributed by atoms with E-state index in [0.717, 1.165) is 24.1 Å². The molecule has 2 heterocycles. The van der Waals surface area contributed by atoms with E-state index in [9.17, 15) is 14.4 Å². The van der Waals surface area contributed by atoms with E-state index in [1.54, 1.807) is 41.2 Å². The van der Waals surface area contributed by atoms with Crippen LogP contribution in [0.15, 0.2) is 36.5 Å². The number of amides is 1. The van der Waals surface area contributed by atoms with Gasteiger partial charge < -0.3 is 14.8 Å². The van der Waals surface area contributed by atoms with Gasteiger partial charge in [0.25, 0.3) is 5.91 Å². The minimum atomic E-state index is -0.579. The first-order valence-electron chi connectivity index (χ1n) is 10.9. The van der Waals surface area contributed by atoms with E-state index >= 15 is 0 Å². The quantitative estimate of drug-likeness (QED) is 0.525. The number of nitrogens with zero attached hydrogens (tertiary/aromatic N) is 3. The molecule has 1 amide bonds. The number of nitrogens with one attached hydrogen (secondary N) is 1. The number of esters is 2. The fourth-order valence-corrected chi connectivity index (χ4v) is 3.51. The maximum absolute atomic E-state index is 12.8. The highest BCUT2D eigenvalue weighted by molar-refractivity contribution is 6.03. The Kier molecular flexibility index (Phi) is 6.39. The lowest BCUT2D eigenvalue weighted by Gasteiger charge is -2.10. The van der Waals surface area contributed by atoms with Crippen molar-refractivity contribution in [2.24, 2.45) is 0 Å². The summed E-state index contributed by atoms with van der Waals surface area (Å²) in [6.07, 6.45) is 3.71. The van der Waals surface area contributed by atoms with Crippen LogP contribution >= 0.6 is 0 Å². The second-order valence-electron chi connectivity index (χ2n) is 8.33. The van der Waals surface area contributed by atoms with Crippen molar-refractivity contribution in [2.75, 3.05) is 13.7 Å². The summed E-state index contributed by atoms with van der Waals surface area (Å²) < 4.78 is 11.7. The van der Waals surface area contributed by atoms with E-state index in [-0.39, 0.29) is 12.6 Å². The van der Waals surface area contributed by atoms with Crippen molar-refractivity contribution in [3.05, 3.63) is 58.9 Å². The number of rotatable bonds is 8. The zero-order valence-corrected chi connectivity index (χ0v) is 18.8. The summed E-state index contributed by atoms with van der Waals surface area (Å²) in [5.74, 6) is -1.08. The number of benzene rings is 1. The number of aromatic nitrogens is 3. The molecule has 0 spiro atoms. The van der Waals surface area contributed by atoms with E-state index < -0.39 is 24.5 Å². The highest BCUT2D eigenvalue weighted by Crippen LogP contribution is 2.40. The number of methoxy groups -OCH3 is 1. The molecule has 3 aromatic rings. The van der Waals surface area contributed by atoms with Gasteiger partial charge in [0.05, 0.1) is 29.8 Å². The minimum absolute atomic E-state index is 0.0979. The standard InChI is InChI=1S/C24H26N4O5/c1-14(2)28-22-19(12-26-28)18(10-20(27-22)16-8-9-16)24(31)33-13-21(29)25-11-15-4-6-17(7-5-15)23(30)32-3/h4-7,10,12,14,16H,8-9,11,13H2,1-3H3,(H,25,29). The van der Waals surface area contributed by atoms with Gasteiger partial charge in [-0.2, -0.15) is 5.10 Å². The molecule has 1 aliphatic rings. The van der Waals surface area contributed by atoms with Crippen LogP contribution in [0.4, 0.5) is 0 Å². The molecule has 33 heavy (non-hydrogen) atoms. The summed E-state index contributed by atoms with van der Waals surface area (Å²) in [4.78, 5) is 41.3. The van der Waals surface area contributed by atoms with Crippen LogP contribution in [-0.2, 0) is 20.8 Å². The summed E-state index contributed by atoms with van der Waals surface area (Å²) in [6, 6.07) is 8.54. The molecule has 0 unspecified atom stereocenters. The molecule has 1 saturated carbocycles. The Morgan fingerprint density at radius 2 is 1.88 bits per heavy atom. The molecule has 0 atom stereocenters. The summed E-state index contributed by atoms with van der Waals surface area (Å²) in [6.45, 7) is 3.84. The Morgan fingerprint density at radius 1 is 1.15 bits per heavy atom. The van der Waals surface area contributed by atoms with Crippen LogP contribution in [0.5, 0.6) is 0 Å². The predicted molar refractivity (Wildman–Crippen MR) is 120 cm³/mol. The normalized spacial score (nSPS) is 13.2. The molecule has 1 fully saturated rings. The molecule has 0 saturated heterocycles. The fourth-order valence-electron chi connectivity index (χ4n) is 3.51. The number of pyridine rings is 1. The molecule has 0 aliphatic heterocycles. The Balaban J connectivity index is 1.39. The van der Waals surface area contributed by atoms with Gasteiger partial charge in [0.15, 0.2) is 12.3 Å². The molecule has 1 N–H and O–H groups in total. The molecule has 0 radical (unpaired) electrons. The van der Waals surface area contributed by atoms with Crippen molar-refractivity contribution in [3.8, 4) is 0 Å². The molecule has 1 aromatic carbocycles. The van der Waals surface area contributed by atoms with Crippen LogP contribution in [-0.4, -0.2) is 46.3 Å². The van der Waals surface area contributed by atoms with Gasteiger partial charge in [0.1, 0.15) is 0 Å². The van der Waals surface area contributed by atoms with Gasteiger partial charge in [0, 0.05) is 24.2 Å². The van der Waals surface area contributed by atoms with Crippen molar-refractivity contribution in [1.82, 2.24) is 20.1 Å². The van der Waals surface area contributed by atoms with E-state index in [4.69, 9.17) is 9.72 Å². The van der Waals surface area contributed by atoms with Gasteiger partial charge in [-0.1, -0.05) is 12.1 Å². The smallest absolute Gasteiger partial charge is 0.339 e. The number of hydrogen-bond acceptors (Lipinski definition) is 7. The van der Waals surface area contributed by atoms with Crippen LogP contribution in [0.25, 0.3) is 11.0 Å². The average Bonchev–Trinajstić information content (AvgIpc) is 3.58. The second-order valence-corrected chi connectivity index (χ2v) is 8.33. The summed E-state index contributed by atoms with van der Waals surface area (Å²) >= 11 is 0. The zero-order valence-electron chi connectivity index (χ0n) is 18.8. The highest BCUT2D eigenvalue weighted by atomic mass is 16.5. The lowest BCUT2D eigenvalue weighted by atomic mass is 10.1. The first-order valence-corrected chi connectivity index (χ1v) is 10.9. The van der Waals surface area contributed by atoms with Gasteiger partial charge >= 0.3 is 11.9 Å². The Morgan fingerprint density at radius 3 is 2.52 bits per heavy atom. The number of fused-ring (bicyclic) bond motifs is 1. The van der Waals surface area contributed by atoms with Gasteiger partial charge in [-0.05, 0) is 50.5 Å². The third kappa shape index (κ3) is 5.02. The Bertz CT molecular complexity index is 1200. The Hall–Kier alpha value is -3.75. The largest absolute Gasteiger partial charge is 0.465 e. The average molecular weight is 450 g/mol. The van der Waals surface area contributed by atoms with Gasteiger partial charge in [-0.25, -0.2) is 19.3 Å². The highest BCUT2D eigenvalue weighted by Gasteiger charge is 2.28. The number of carbonyl (C=O) groups excluding carboxylic acids is 3. The van der Waals surface area contributed by atoms with Crippen LogP contribution < -0.4 is 5.32 Å². The van der Waals surface area contributed by atoms with Gasteiger partial charge in [-0.15, -0.1) is 0 Å². The monoisotopic (exact) mass is 450 g/mol. The van der Waals surface area contributed by atoms with E-state index in [1.807, 2.05) is 13.8 Å². The molecule has 2 aromatic heterocycles. The van der Waals surface area contributed by atoms with Gasteiger partial charge in [-0.3, -0.25) is 4.79 Å². The molecule has 9 heteroatoms. The maximum atomic E-state index is 12.8. The lowest BCUT2D eigenvalue weighted by molar-refractivity contribution is -0.124. The van der Waals surface area contributed by atoms with Crippen LogP contribution in [0.3, 0.4) is 0 Å². The van der Waals surface area contributed by atoms with Crippen molar-refractivity contribution in [1.29, 1.82) is 0 Å². The first kappa shape index (κ1) is 22.4. The number of hydrogen-bond donors (Lipinski definition) is 1. The summed E-state index contributed by atoms with van der Waals surface area (Å²) in [7, 11) is 1.32. The SMILES string of the molecule is COC(=O)c1ccc(CNC(=O)COC(=O)c2cc(C3CC3)nc3c2cnn3C(C)C)cc1. The van der Waals surface area contributed by atoms with Crippen LogP contribution in [0.1, 0.15) is 70.6 Å². The van der Waals surface area contributed by atoms with E-state index in [0.29, 0.717) is 28.1 Å². The second kappa shape index (κ2) is 9.40. The lowest BCUT2D eigenvalue weighted by Crippen LogP contribution is -2.28. The van der Waals surface area contributed by atoms with Crippen molar-refractivity contribution < 1.29 is 23.9 Å². The number of carbonyl (C=O) groups is 3. The van der Waals surface area contributed by atoms with E-state index in [1.165, 1.54) is 7.11 Å². The van der Waals surface area contributed by atoms with Crippen molar-refractivity contribution in [3.63, 3.8) is 0 Å². The Labute approximate surface area is 191 Å². The summed E-state index contributed by atoms with van der Waals surface area (Å²) in [5.41, 5.74) is 3.11. The van der Waals surface area contributed by atoms with E-state index in [2.05, 4.69) is 15.2 Å². The minimum Gasteiger partial charge on any atom is -0.465 e. The molecule has 4 rings (SSSR count). The molecule has 172 valence electrons. The molecule has 0 bridgehead atoms. The van der Waals surface area contributed by atoms with Crippen molar-refractivity contribution in [2.45, 2.75) is 45.2 Å². The maximum Gasteiger partial charge on any atom is 0.339 e. The molecular weight excluding hydrogens is 424 g/mol. The third-order valence-electron chi connectivity index (χ3n) is 5.49. The molecular formula is C24H26N4O5. The number of ether oxygens (including phenoxy) is 2. The first-order chi connectivity index (χ1) is 15.9. The molecule has 9 nitrogen and oxygen atoms in total. The topological polar surface area (TPSA) is 112 Å². The van der Waals surface area contributed by atoms with Crippen LogP contribution in [0.2, 0.25) is 0 Å². The fraction of sp³-hybridized carbons (Fsp3) is 0.375. The van der Waals surface area contributed by atoms with Gasteiger partial charge in [0.2, 0.25) is 0 Å². The summed E-state index contributed by atoms with van der Waals surface area (Å²) in [5, 5.41) is 7.70. The van der Waals surface area contributed by atoms with Crippen LogP contribution in [0, 0.1) is 0 Å². The predicted octanol–water partition coefficient (Wildman–Crippen LogP) is 3.15.